The van der Waals surface area contributed by atoms with Crippen molar-refractivity contribution in [2.24, 2.45) is 0 Å². The molecule has 0 bridgehead atoms. The first-order valence-electron chi connectivity index (χ1n) is 13.0. The van der Waals surface area contributed by atoms with Crippen LogP contribution in [0.4, 0.5) is 0 Å². The number of hydrogen-bond acceptors (Lipinski definition) is 4. The van der Waals surface area contributed by atoms with E-state index in [1.807, 2.05) is 48.5 Å². The molecule has 0 amide bonds. The normalized spacial score (nSPS) is 17.7. The van der Waals surface area contributed by atoms with E-state index in [9.17, 15) is 0 Å². The summed E-state index contributed by atoms with van der Waals surface area (Å²) in [6.07, 6.45) is -0.322. The van der Waals surface area contributed by atoms with E-state index in [2.05, 4.69) is 72.8 Å². The number of hydrogen-bond donors (Lipinski definition) is 0. The van der Waals surface area contributed by atoms with Gasteiger partial charge in [0.2, 0.25) is 0 Å². The average molecular weight is 569 g/mol. The SMILES string of the molecule is COc1ccc(P2(c3ccc(OC)cc3)(c3ccc(OC)cc3)OC(c3ccc(Cl)cc3)c3ccccc32)cc1. The third kappa shape index (κ3) is 3.83. The van der Waals surface area contributed by atoms with E-state index in [1.54, 1.807) is 21.3 Å². The second-order valence-electron chi connectivity index (χ2n) is 9.73. The van der Waals surface area contributed by atoms with Gasteiger partial charge in [0.15, 0.2) is 0 Å². The minimum atomic E-state index is -3.83. The fourth-order valence-electron chi connectivity index (χ4n) is 5.95. The Bertz CT molecular complexity index is 1510. The molecule has 202 valence electrons. The van der Waals surface area contributed by atoms with Gasteiger partial charge >= 0.3 is 241 Å². The average Bonchev–Trinajstić information content (AvgIpc) is 3.35. The first kappa shape index (κ1) is 26.4. The summed E-state index contributed by atoms with van der Waals surface area (Å²) < 4.78 is 24.5. The molecule has 1 aliphatic rings. The van der Waals surface area contributed by atoms with Crippen molar-refractivity contribution in [3.05, 3.63) is 137 Å². The molecule has 1 heterocycles. The molecule has 0 N–H and O–H groups in total. The summed E-state index contributed by atoms with van der Waals surface area (Å²) >= 11 is 6.31. The quantitative estimate of drug-likeness (QED) is 0.209. The summed E-state index contributed by atoms with van der Waals surface area (Å²) in [5, 5.41) is 5.07. The van der Waals surface area contributed by atoms with Gasteiger partial charge in [-0.15, -0.1) is 0 Å². The van der Waals surface area contributed by atoms with Gasteiger partial charge in [0.1, 0.15) is 0 Å². The molecule has 1 atom stereocenters. The first-order chi connectivity index (χ1) is 19.5. The molecule has 0 saturated heterocycles. The molecular weight excluding hydrogens is 539 g/mol. The summed E-state index contributed by atoms with van der Waals surface area (Å²) in [7, 11) is 5.05. The predicted octanol–water partition coefficient (Wildman–Crippen LogP) is 6.56. The molecule has 0 spiro atoms. The molecule has 6 heteroatoms. The molecule has 5 aromatic rings. The maximum absolute atomic E-state index is 7.78. The van der Waals surface area contributed by atoms with Crippen molar-refractivity contribution in [1.82, 2.24) is 0 Å². The van der Waals surface area contributed by atoms with E-state index in [0.717, 1.165) is 49.6 Å². The first-order valence-corrected chi connectivity index (χ1v) is 15.6. The van der Waals surface area contributed by atoms with Gasteiger partial charge in [-0.25, -0.2) is 0 Å². The molecule has 1 aliphatic heterocycles. The van der Waals surface area contributed by atoms with Crippen LogP contribution in [0.15, 0.2) is 121 Å². The van der Waals surface area contributed by atoms with Crippen molar-refractivity contribution in [2.45, 2.75) is 6.10 Å². The Labute approximate surface area is 240 Å². The third-order valence-electron chi connectivity index (χ3n) is 7.86. The van der Waals surface area contributed by atoms with E-state index in [-0.39, 0.29) is 6.10 Å². The predicted molar refractivity (Wildman–Crippen MR) is 165 cm³/mol. The second-order valence-corrected chi connectivity index (χ2v) is 14.5. The second kappa shape index (κ2) is 10.3. The minimum absolute atomic E-state index is 0.322. The zero-order chi connectivity index (χ0) is 27.8. The standard InChI is InChI=1S/C34H30ClO4P/c1-36-26-12-18-29(19-13-26)40(30-20-14-27(37-2)15-21-30,31-22-16-28(38-3)17-23-31)33-7-5-4-6-32(33)34(39-40)24-8-10-25(35)11-9-24/h4-23,34H,1-3H3. The Morgan fingerprint density at radius 1 is 0.550 bits per heavy atom. The molecule has 0 fully saturated rings. The summed E-state index contributed by atoms with van der Waals surface area (Å²) in [6.45, 7) is -3.83. The number of ether oxygens (including phenoxy) is 3. The fourth-order valence-corrected chi connectivity index (χ4v) is 12.1. The van der Waals surface area contributed by atoms with Crippen LogP contribution in [0.5, 0.6) is 17.2 Å². The summed E-state index contributed by atoms with van der Waals surface area (Å²) in [5.41, 5.74) is 2.17. The van der Waals surface area contributed by atoms with Crippen molar-refractivity contribution in [2.75, 3.05) is 21.3 Å². The van der Waals surface area contributed by atoms with Crippen molar-refractivity contribution < 1.29 is 18.7 Å². The van der Waals surface area contributed by atoms with Crippen LogP contribution in [-0.2, 0) is 4.52 Å². The summed E-state index contributed by atoms with van der Waals surface area (Å²) in [6, 6.07) is 41.5. The van der Waals surface area contributed by atoms with Crippen LogP contribution in [0.25, 0.3) is 0 Å². The van der Waals surface area contributed by atoms with Gasteiger partial charge in [0.25, 0.3) is 0 Å². The maximum atomic E-state index is 7.78. The molecule has 0 radical (unpaired) electrons. The van der Waals surface area contributed by atoms with Crippen molar-refractivity contribution in [3.63, 3.8) is 0 Å². The Morgan fingerprint density at radius 3 is 1.40 bits per heavy atom. The van der Waals surface area contributed by atoms with E-state index >= 15 is 0 Å². The molecule has 0 aromatic heterocycles. The van der Waals surface area contributed by atoms with Gasteiger partial charge < -0.3 is 0 Å². The van der Waals surface area contributed by atoms with Gasteiger partial charge in [-0.3, -0.25) is 0 Å². The van der Waals surface area contributed by atoms with Crippen molar-refractivity contribution >= 4 is 39.6 Å². The Hall–Kier alpha value is -3.82. The number of rotatable bonds is 7. The van der Waals surface area contributed by atoms with Crippen molar-refractivity contribution in [1.29, 1.82) is 0 Å². The van der Waals surface area contributed by atoms with E-state index in [0.29, 0.717) is 5.02 Å². The topological polar surface area (TPSA) is 36.9 Å². The Balaban J connectivity index is 1.78. The molecule has 5 aromatic carbocycles. The Morgan fingerprint density at radius 2 is 0.975 bits per heavy atom. The number of fused-ring (bicyclic) bond motifs is 1. The van der Waals surface area contributed by atoms with E-state index < -0.39 is 6.83 Å². The Kier molecular flexibility index (Phi) is 6.80. The monoisotopic (exact) mass is 568 g/mol. The molecule has 1 unspecified atom stereocenters. The molecule has 0 aliphatic carbocycles. The van der Waals surface area contributed by atoms with Crippen LogP contribution in [0.3, 0.4) is 0 Å². The fraction of sp³-hybridized carbons (Fsp3) is 0.118. The van der Waals surface area contributed by atoms with Crippen LogP contribution in [0.2, 0.25) is 5.02 Å². The van der Waals surface area contributed by atoms with E-state index in [1.165, 1.54) is 0 Å². The van der Waals surface area contributed by atoms with E-state index in [4.69, 9.17) is 30.3 Å². The van der Waals surface area contributed by atoms with Crippen LogP contribution in [-0.4, -0.2) is 21.3 Å². The zero-order valence-corrected chi connectivity index (χ0v) is 24.2. The number of benzene rings is 5. The zero-order valence-electron chi connectivity index (χ0n) is 22.6. The van der Waals surface area contributed by atoms with Gasteiger partial charge in [-0.2, -0.15) is 0 Å². The van der Waals surface area contributed by atoms with Gasteiger partial charge in [0.05, 0.1) is 0 Å². The number of methoxy groups -OCH3 is 3. The molecule has 4 nitrogen and oxygen atoms in total. The number of halogens is 1. The van der Waals surface area contributed by atoms with Gasteiger partial charge in [-0.1, -0.05) is 0 Å². The molecule has 6 rings (SSSR count). The van der Waals surface area contributed by atoms with Crippen LogP contribution < -0.4 is 35.4 Å². The molecule has 40 heavy (non-hydrogen) atoms. The van der Waals surface area contributed by atoms with Crippen molar-refractivity contribution in [3.8, 4) is 17.2 Å². The van der Waals surface area contributed by atoms with Gasteiger partial charge in [0, 0.05) is 0 Å². The molecule has 0 saturated carbocycles. The summed E-state index contributed by atoms with van der Waals surface area (Å²) in [4.78, 5) is 0. The third-order valence-corrected chi connectivity index (χ3v) is 13.9. The van der Waals surface area contributed by atoms with Crippen LogP contribution >= 0.6 is 18.4 Å². The van der Waals surface area contributed by atoms with Crippen LogP contribution in [0.1, 0.15) is 17.2 Å². The molecular formula is C34H30ClO4P. The van der Waals surface area contributed by atoms with Crippen LogP contribution in [0, 0.1) is 0 Å². The van der Waals surface area contributed by atoms with Gasteiger partial charge in [-0.05, 0) is 0 Å². The summed E-state index contributed by atoms with van der Waals surface area (Å²) in [5.74, 6) is 2.35.